The molecule has 0 saturated carbocycles. The molecular formula is C39H47N5O3. The van der Waals surface area contributed by atoms with E-state index in [0.29, 0.717) is 40.8 Å². The summed E-state index contributed by atoms with van der Waals surface area (Å²) in [7, 11) is 3.80. The van der Waals surface area contributed by atoms with Crippen molar-refractivity contribution in [1.29, 1.82) is 0 Å². The average molecular weight is 634 g/mol. The SMILES string of the molecule is CCCC(CC)CC1CCN(c2nc(Cc3ccc(NC(=O)c4ccc(-c5ccccc5)cc4)cc3)nc(N(C)C)c2CC(=O)O)C1. The zero-order chi connectivity index (χ0) is 33.3. The molecule has 246 valence electrons. The molecule has 0 spiro atoms. The van der Waals surface area contributed by atoms with Crippen LogP contribution in [0.2, 0.25) is 0 Å². The quantitative estimate of drug-likeness (QED) is 0.147. The maximum absolute atomic E-state index is 13.0. The number of nitrogens with one attached hydrogen (secondary N) is 1. The molecule has 0 radical (unpaired) electrons. The van der Waals surface area contributed by atoms with E-state index in [1.54, 1.807) is 0 Å². The van der Waals surface area contributed by atoms with E-state index in [9.17, 15) is 14.7 Å². The number of amides is 1. The molecule has 1 amide bonds. The molecular weight excluding hydrogens is 586 g/mol. The molecule has 1 saturated heterocycles. The summed E-state index contributed by atoms with van der Waals surface area (Å²) in [6.07, 6.45) is 6.31. The summed E-state index contributed by atoms with van der Waals surface area (Å²) < 4.78 is 0. The Morgan fingerprint density at radius 3 is 2.30 bits per heavy atom. The lowest BCUT2D eigenvalue weighted by molar-refractivity contribution is -0.136. The van der Waals surface area contributed by atoms with Crippen molar-refractivity contribution in [3.05, 3.63) is 101 Å². The van der Waals surface area contributed by atoms with Crippen LogP contribution in [0.15, 0.2) is 78.9 Å². The lowest BCUT2D eigenvalue weighted by atomic mass is 9.89. The zero-order valence-electron chi connectivity index (χ0n) is 28.1. The van der Waals surface area contributed by atoms with Crippen LogP contribution in [0, 0.1) is 11.8 Å². The number of aromatic nitrogens is 2. The van der Waals surface area contributed by atoms with Gasteiger partial charge in [0.1, 0.15) is 17.5 Å². The molecule has 2 atom stereocenters. The summed E-state index contributed by atoms with van der Waals surface area (Å²) in [6, 6.07) is 25.4. The highest BCUT2D eigenvalue weighted by atomic mass is 16.4. The molecule has 47 heavy (non-hydrogen) atoms. The Kier molecular flexibility index (Phi) is 11.2. The fraction of sp³-hybridized carbons (Fsp3) is 0.385. The first-order valence-electron chi connectivity index (χ1n) is 16.8. The van der Waals surface area contributed by atoms with E-state index in [4.69, 9.17) is 9.97 Å². The first kappa shape index (κ1) is 33.6. The molecule has 0 bridgehead atoms. The van der Waals surface area contributed by atoms with Crippen LogP contribution >= 0.6 is 0 Å². The first-order valence-corrected chi connectivity index (χ1v) is 16.8. The minimum absolute atomic E-state index is 0.124. The summed E-state index contributed by atoms with van der Waals surface area (Å²) in [6.45, 7) is 6.29. The summed E-state index contributed by atoms with van der Waals surface area (Å²) >= 11 is 0. The van der Waals surface area contributed by atoms with E-state index in [-0.39, 0.29) is 12.3 Å². The largest absolute Gasteiger partial charge is 0.481 e. The lowest BCUT2D eigenvalue weighted by Crippen LogP contribution is -2.27. The van der Waals surface area contributed by atoms with Crippen molar-refractivity contribution in [2.75, 3.05) is 42.3 Å². The molecule has 1 aromatic heterocycles. The monoisotopic (exact) mass is 633 g/mol. The third kappa shape index (κ3) is 8.76. The van der Waals surface area contributed by atoms with Gasteiger partial charge in [-0.1, -0.05) is 87.7 Å². The molecule has 2 unspecified atom stereocenters. The summed E-state index contributed by atoms with van der Waals surface area (Å²) in [4.78, 5) is 39.0. The van der Waals surface area contributed by atoms with Crippen LogP contribution in [0.25, 0.3) is 11.1 Å². The van der Waals surface area contributed by atoms with E-state index < -0.39 is 5.97 Å². The molecule has 8 nitrogen and oxygen atoms in total. The molecule has 5 rings (SSSR count). The number of carboxylic acid groups (broad SMARTS) is 1. The van der Waals surface area contributed by atoms with E-state index in [1.165, 1.54) is 25.7 Å². The third-order valence-electron chi connectivity index (χ3n) is 9.12. The molecule has 1 aliphatic heterocycles. The average Bonchev–Trinajstić information content (AvgIpc) is 3.54. The van der Waals surface area contributed by atoms with Crippen LogP contribution in [0.3, 0.4) is 0 Å². The van der Waals surface area contributed by atoms with Crippen molar-refractivity contribution in [1.82, 2.24) is 9.97 Å². The molecule has 0 aliphatic carbocycles. The fourth-order valence-corrected chi connectivity index (χ4v) is 6.65. The molecule has 2 N–H and O–H groups in total. The van der Waals surface area contributed by atoms with Gasteiger partial charge in [0.2, 0.25) is 0 Å². The van der Waals surface area contributed by atoms with Crippen molar-refractivity contribution in [3.63, 3.8) is 0 Å². The number of benzene rings is 3. The van der Waals surface area contributed by atoms with Crippen LogP contribution in [-0.4, -0.2) is 54.1 Å². The number of hydrogen-bond acceptors (Lipinski definition) is 6. The molecule has 4 aromatic rings. The topological polar surface area (TPSA) is 98.7 Å². The zero-order valence-corrected chi connectivity index (χ0v) is 28.1. The van der Waals surface area contributed by atoms with Crippen molar-refractivity contribution in [3.8, 4) is 11.1 Å². The summed E-state index contributed by atoms with van der Waals surface area (Å²) in [5.74, 6) is 2.29. The van der Waals surface area contributed by atoms with Gasteiger partial charge in [-0.2, -0.15) is 0 Å². The Morgan fingerprint density at radius 1 is 0.957 bits per heavy atom. The maximum Gasteiger partial charge on any atom is 0.308 e. The highest BCUT2D eigenvalue weighted by Crippen LogP contribution is 2.34. The number of carboxylic acids is 1. The second kappa shape index (κ2) is 15.7. The van der Waals surface area contributed by atoms with Gasteiger partial charge in [-0.05, 0) is 65.6 Å². The maximum atomic E-state index is 13.0. The first-order chi connectivity index (χ1) is 22.7. The number of carbonyl (C=O) groups excluding carboxylic acids is 1. The lowest BCUT2D eigenvalue weighted by Gasteiger charge is -2.26. The van der Waals surface area contributed by atoms with Crippen molar-refractivity contribution in [2.24, 2.45) is 11.8 Å². The molecule has 8 heteroatoms. The highest BCUT2D eigenvalue weighted by Gasteiger charge is 2.30. The standard InChI is InChI=1S/C39H47N5O3/c1-5-10-27(6-2)23-29-21-22-44(26-29)38-34(25-36(45)46)37(43(3)4)41-35(42-38)24-28-13-19-33(20-14-28)40-39(47)32-17-15-31(16-18-32)30-11-8-7-9-12-30/h7-9,11-20,27,29H,5-6,10,21-26H2,1-4H3,(H,40,47)(H,45,46). The second-order valence-corrected chi connectivity index (χ2v) is 12.9. The third-order valence-corrected chi connectivity index (χ3v) is 9.12. The van der Waals surface area contributed by atoms with Gasteiger partial charge in [0.25, 0.3) is 5.91 Å². The molecule has 1 fully saturated rings. The van der Waals surface area contributed by atoms with Gasteiger partial charge in [0.05, 0.1) is 6.42 Å². The predicted molar refractivity (Wildman–Crippen MR) is 190 cm³/mol. The number of aliphatic carboxylic acids is 1. The van der Waals surface area contributed by atoms with Gasteiger partial charge < -0.3 is 20.2 Å². The molecule has 1 aliphatic rings. The van der Waals surface area contributed by atoms with Crippen molar-refractivity contribution >= 4 is 29.2 Å². The van der Waals surface area contributed by atoms with Crippen LogP contribution in [0.5, 0.6) is 0 Å². The number of rotatable bonds is 14. The van der Waals surface area contributed by atoms with Crippen LogP contribution in [0.1, 0.15) is 73.3 Å². The smallest absolute Gasteiger partial charge is 0.308 e. The van der Waals surface area contributed by atoms with Crippen LogP contribution < -0.4 is 15.1 Å². The van der Waals surface area contributed by atoms with Gasteiger partial charge in [-0.15, -0.1) is 0 Å². The number of carbonyl (C=O) groups is 2. The molecule has 3 aromatic carbocycles. The highest BCUT2D eigenvalue weighted by molar-refractivity contribution is 6.04. The minimum atomic E-state index is -0.889. The Hall–Kier alpha value is -4.72. The van der Waals surface area contributed by atoms with Crippen molar-refractivity contribution in [2.45, 2.75) is 58.8 Å². The molecule has 2 heterocycles. The van der Waals surface area contributed by atoms with E-state index in [2.05, 4.69) is 24.1 Å². The van der Waals surface area contributed by atoms with Gasteiger partial charge in [-0.3, -0.25) is 9.59 Å². The Labute approximate surface area is 278 Å². The van der Waals surface area contributed by atoms with Gasteiger partial charge in [0, 0.05) is 50.4 Å². The summed E-state index contributed by atoms with van der Waals surface area (Å²) in [5.41, 5.74) is 5.13. The van der Waals surface area contributed by atoms with E-state index in [0.717, 1.165) is 47.9 Å². The Morgan fingerprint density at radius 2 is 1.66 bits per heavy atom. The normalized spacial score (nSPS) is 15.0. The Balaban J connectivity index is 1.30. The van der Waals surface area contributed by atoms with Gasteiger partial charge >= 0.3 is 5.97 Å². The minimum Gasteiger partial charge on any atom is -0.481 e. The van der Waals surface area contributed by atoms with Crippen LogP contribution in [-0.2, 0) is 17.6 Å². The van der Waals surface area contributed by atoms with Gasteiger partial charge in [-0.25, -0.2) is 9.97 Å². The number of nitrogens with zero attached hydrogens (tertiary/aromatic N) is 4. The van der Waals surface area contributed by atoms with E-state index in [1.807, 2.05) is 97.9 Å². The Bertz CT molecular complexity index is 1640. The van der Waals surface area contributed by atoms with E-state index >= 15 is 0 Å². The van der Waals surface area contributed by atoms with Gasteiger partial charge in [0.15, 0.2) is 0 Å². The predicted octanol–water partition coefficient (Wildman–Crippen LogP) is 7.72. The van der Waals surface area contributed by atoms with Crippen LogP contribution in [0.4, 0.5) is 17.3 Å². The fourth-order valence-electron chi connectivity index (χ4n) is 6.65. The second-order valence-electron chi connectivity index (χ2n) is 12.9. The van der Waals surface area contributed by atoms with Crippen molar-refractivity contribution < 1.29 is 14.7 Å². The number of hydrogen-bond donors (Lipinski definition) is 2. The summed E-state index contributed by atoms with van der Waals surface area (Å²) in [5, 5.41) is 12.8. The number of anilines is 3.